The number of methoxy groups -OCH3 is 1. The van der Waals surface area contributed by atoms with Crippen molar-refractivity contribution in [2.24, 2.45) is 0 Å². The van der Waals surface area contributed by atoms with Crippen molar-refractivity contribution in [3.8, 4) is 11.4 Å². The van der Waals surface area contributed by atoms with Crippen molar-refractivity contribution in [2.45, 2.75) is 45.5 Å². The van der Waals surface area contributed by atoms with Gasteiger partial charge in [0.1, 0.15) is 17.4 Å². The van der Waals surface area contributed by atoms with Gasteiger partial charge in [0.05, 0.1) is 30.6 Å². The summed E-state index contributed by atoms with van der Waals surface area (Å²) in [6.45, 7) is 3.92. The van der Waals surface area contributed by atoms with Crippen molar-refractivity contribution in [2.75, 3.05) is 34.1 Å². The molecule has 0 radical (unpaired) electrons. The van der Waals surface area contributed by atoms with E-state index in [2.05, 4.69) is 25.6 Å². The molecule has 0 atom stereocenters. The fourth-order valence-electron chi connectivity index (χ4n) is 5.06. The molecule has 11 nitrogen and oxygen atoms in total. The predicted molar refractivity (Wildman–Crippen MR) is 158 cm³/mol. The van der Waals surface area contributed by atoms with Crippen LogP contribution >= 0.6 is 0 Å². The Morgan fingerprint density at radius 3 is 2.59 bits per heavy atom. The van der Waals surface area contributed by atoms with E-state index in [0.29, 0.717) is 35.9 Å². The summed E-state index contributed by atoms with van der Waals surface area (Å²) >= 11 is 0. The molecule has 0 bridgehead atoms. The molecule has 0 saturated heterocycles. The molecule has 0 unspecified atom stereocenters. The summed E-state index contributed by atoms with van der Waals surface area (Å²) < 4.78 is 48.8. The average Bonchev–Trinajstić information content (AvgIpc) is 3.72. The van der Waals surface area contributed by atoms with Gasteiger partial charge in [0.15, 0.2) is 0 Å². The van der Waals surface area contributed by atoms with Crippen LogP contribution in [0.25, 0.3) is 5.69 Å². The van der Waals surface area contributed by atoms with Crippen molar-refractivity contribution in [3.63, 3.8) is 0 Å². The Kier molecular flexibility index (Phi) is 7.35. The Labute approximate surface area is 250 Å². The Bertz CT molecular complexity index is 1750. The van der Waals surface area contributed by atoms with Crippen LogP contribution in [0.2, 0.25) is 0 Å². The maximum Gasteiger partial charge on any atom is 0.418 e. The van der Waals surface area contributed by atoms with Gasteiger partial charge < -0.3 is 19.9 Å². The number of ether oxygens (including phenoxy) is 1. The first-order valence-corrected chi connectivity index (χ1v) is 14.0. The highest BCUT2D eigenvalue weighted by Crippen LogP contribution is 2.37. The van der Waals surface area contributed by atoms with Crippen molar-refractivity contribution < 1.29 is 27.5 Å². The second-order valence-electron chi connectivity index (χ2n) is 10.5. The molecule has 3 amide bonds. The number of urea groups is 1. The lowest BCUT2D eigenvalue weighted by molar-refractivity contribution is -0.137. The number of imidazole rings is 1. The van der Waals surface area contributed by atoms with E-state index in [-0.39, 0.29) is 35.3 Å². The van der Waals surface area contributed by atoms with Gasteiger partial charge in [-0.3, -0.25) is 14.6 Å². The number of halogens is 3. The van der Waals surface area contributed by atoms with Gasteiger partial charge in [-0.1, -0.05) is 0 Å². The van der Waals surface area contributed by atoms with Crippen LogP contribution in [0.5, 0.6) is 5.75 Å². The number of nitrogens with one attached hydrogen (secondary N) is 2. The van der Waals surface area contributed by atoms with E-state index >= 15 is 0 Å². The molecule has 228 valence electrons. The molecule has 1 aliphatic carbocycles. The Balaban J connectivity index is 1.29. The molecule has 14 heteroatoms. The summed E-state index contributed by atoms with van der Waals surface area (Å²) in [4.78, 5) is 43.0. The highest BCUT2D eigenvalue weighted by Gasteiger charge is 2.36. The third-order valence-corrected chi connectivity index (χ3v) is 7.46. The highest BCUT2D eigenvalue weighted by molar-refractivity contribution is 6.08. The number of carbonyl (C=O) groups excluding carboxylic acids is 2. The molecule has 3 heterocycles. The minimum Gasteiger partial charge on any atom is -0.497 e. The number of benzene rings is 2. The van der Waals surface area contributed by atoms with Crippen molar-refractivity contribution in [1.29, 1.82) is 0 Å². The first-order valence-electron chi connectivity index (χ1n) is 14.0. The van der Waals surface area contributed by atoms with E-state index in [0.717, 1.165) is 24.5 Å². The Morgan fingerprint density at radius 2 is 1.93 bits per heavy atom. The lowest BCUT2D eigenvalue weighted by atomic mass is 10.1. The third-order valence-electron chi connectivity index (χ3n) is 7.46. The van der Waals surface area contributed by atoms with Crippen LogP contribution in [0.1, 0.15) is 47.1 Å². The lowest BCUT2D eigenvalue weighted by Gasteiger charge is -2.35. The third kappa shape index (κ3) is 5.62. The minimum atomic E-state index is -4.69. The van der Waals surface area contributed by atoms with Gasteiger partial charge in [0.25, 0.3) is 5.91 Å². The van der Waals surface area contributed by atoms with E-state index in [9.17, 15) is 22.8 Å². The second kappa shape index (κ2) is 11.2. The molecule has 6 rings (SSSR count). The molecule has 1 fully saturated rings. The number of aryl methyl sites for hydroxylation is 1. The molecule has 2 aromatic heterocycles. The standard InChI is InChI=1S/C30H29F3N8O3/c1-4-39-26-19(15-35-28(38-26)37-20-5-6-20)16-41(29(39)43)22-11-18(12-23(14-22)44-3)27(42)36-21-7-8-25(24(13-21)30(31,32)33)40-10-9-34-17(40)2/h7-15,20H,4-6,16H2,1-3H3,(H,36,42)(H,35,37,38). The predicted octanol–water partition coefficient (Wildman–Crippen LogP) is 5.79. The van der Waals surface area contributed by atoms with E-state index in [1.54, 1.807) is 19.2 Å². The van der Waals surface area contributed by atoms with Crippen LogP contribution < -0.4 is 25.2 Å². The minimum absolute atomic E-state index is 0.0545. The zero-order valence-electron chi connectivity index (χ0n) is 24.1. The zero-order valence-corrected chi connectivity index (χ0v) is 24.1. The normalized spacial score (nSPS) is 14.8. The molecule has 0 spiro atoms. The Morgan fingerprint density at radius 1 is 1.14 bits per heavy atom. The summed E-state index contributed by atoms with van der Waals surface area (Å²) in [5.74, 6) is 0.975. The summed E-state index contributed by atoms with van der Waals surface area (Å²) in [7, 11) is 1.42. The van der Waals surface area contributed by atoms with E-state index in [4.69, 9.17) is 4.74 Å². The summed E-state index contributed by atoms with van der Waals surface area (Å²) in [6, 6.07) is 8.10. The van der Waals surface area contributed by atoms with Gasteiger partial charge in [-0.2, -0.15) is 18.2 Å². The number of hydrogen-bond donors (Lipinski definition) is 2. The van der Waals surface area contributed by atoms with Gasteiger partial charge >= 0.3 is 12.2 Å². The van der Waals surface area contributed by atoms with Gasteiger partial charge in [-0.25, -0.2) is 14.8 Å². The van der Waals surface area contributed by atoms with Gasteiger partial charge in [0.2, 0.25) is 5.95 Å². The van der Waals surface area contributed by atoms with Crippen LogP contribution in [-0.4, -0.2) is 51.2 Å². The van der Waals surface area contributed by atoms with Gasteiger partial charge in [-0.05, 0) is 57.0 Å². The molecule has 1 saturated carbocycles. The van der Waals surface area contributed by atoms with Crippen molar-refractivity contribution >= 4 is 35.1 Å². The van der Waals surface area contributed by atoms with E-state index in [1.807, 2.05) is 6.92 Å². The van der Waals surface area contributed by atoms with Crippen LogP contribution in [0.4, 0.5) is 41.1 Å². The summed E-state index contributed by atoms with van der Waals surface area (Å²) in [5.41, 5.74) is 0.0706. The summed E-state index contributed by atoms with van der Waals surface area (Å²) in [5, 5.41) is 5.80. The number of aromatic nitrogens is 4. The highest BCUT2D eigenvalue weighted by atomic mass is 19.4. The van der Waals surface area contributed by atoms with Gasteiger partial charge in [0, 0.05) is 54.1 Å². The number of rotatable bonds is 8. The van der Waals surface area contributed by atoms with E-state index in [1.165, 1.54) is 58.1 Å². The molecule has 2 N–H and O–H groups in total. The monoisotopic (exact) mass is 606 g/mol. The van der Waals surface area contributed by atoms with Crippen LogP contribution in [0, 0.1) is 6.92 Å². The topological polar surface area (TPSA) is 118 Å². The number of anilines is 4. The number of alkyl halides is 3. The number of carbonyl (C=O) groups is 2. The number of amides is 3. The second-order valence-corrected chi connectivity index (χ2v) is 10.5. The molecule has 2 aromatic carbocycles. The largest absolute Gasteiger partial charge is 0.497 e. The molecular formula is C30H29F3N8O3. The smallest absolute Gasteiger partial charge is 0.418 e. The van der Waals surface area contributed by atoms with E-state index < -0.39 is 17.6 Å². The summed E-state index contributed by atoms with van der Waals surface area (Å²) in [6.07, 6.45) is 1.94. The zero-order chi connectivity index (χ0) is 31.2. The van der Waals surface area contributed by atoms with Gasteiger partial charge in [-0.15, -0.1) is 0 Å². The van der Waals surface area contributed by atoms with Crippen LogP contribution in [-0.2, 0) is 12.7 Å². The fourth-order valence-corrected chi connectivity index (χ4v) is 5.06. The van der Waals surface area contributed by atoms with Crippen molar-refractivity contribution in [1.82, 2.24) is 19.5 Å². The van der Waals surface area contributed by atoms with Crippen LogP contribution in [0.3, 0.4) is 0 Å². The quantitative estimate of drug-likeness (QED) is 0.261. The molecule has 2 aliphatic rings. The molecule has 44 heavy (non-hydrogen) atoms. The average molecular weight is 607 g/mol. The lowest BCUT2D eigenvalue weighted by Crippen LogP contribution is -2.48. The number of fused-ring (bicyclic) bond motifs is 1. The first kappa shape index (κ1) is 29.0. The molecule has 4 aromatic rings. The maximum absolute atomic E-state index is 14.0. The molecular weight excluding hydrogens is 577 g/mol. The number of hydrogen-bond acceptors (Lipinski definition) is 7. The SMILES string of the molecule is CCN1C(=O)N(c2cc(OC)cc(C(=O)Nc3ccc(-n4ccnc4C)c(C(F)(F)F)c3)c2)Cc2cnc(NC3CC3)nc21. The fraction of sp³-hybridized carbons (Fsp3) is 0.300. The van der Waals surface area contributed by atoms with Crippen molar-refractivity contribution in [3.05, 3.63) is 77.5 Å². The first-order chi connectivity index (χ1) is 21.0. The maximum atomic E-state index is 14.0. The molecule has 1 aliphatic heterocycles. The Hall–Kier alpha value is -5.14. The number of nitrogens with zero attached hydrogens (tertiary/aromatic N) is 6. The van der Waals surface area contributed by atoms with Crippen LogP contribution in [0.15, 0.2) is 55.0 Å².